The van der Waals surface area contributed by atoms with E-state index in [0.717, 1.165) is 17.9 Å². The summed E-state index contributed by atoms with van der Waals surface area (Å²) in [4.78, 5) is 0.933. The number of rotatable bonds is 13. The Morgan fingerprint density at radius 2 is 1.55 bits per heavy atom. The second-order valence-corrected chi connectivity index (χ2v) is 23.2. The molecular weight excluding hydrogens is 483 g/mol. The summed E-state index contributed by atoms with van der Waals surface area (Å²) in [6.07, 6.45) is 9.18. The van der Waals surface area contributed by atoms with Gasteiger partial charge in [-0.3, -0.25) is 0 Å². The first-order chi connectivity index (χ1) is 14.0. The van der Waals surface area contributed by atoms with Crippen molar-refractivity contribution in [2.45, 2.75) is 97.0 Å². The summed E-state index contributed by atoms with van der Waals surface area (Å²) < 4.78 is 26.3. The van der Waals surface area contributed by atoms with Gasteiger partial charge in [0.05, 0.1) is 0 Å². The van der Waals surface area contributed by atoms with Gasteiger partial charge >= 0.3 is 187 Å². The molecule has 1 aromatic rings. The Hall–Kier alpha value is -0.131. The predicted molar refractivity (Wildman–Crippen MR) is 130 cm³/mol. The van der Waals surface area contributed by atoms with Crippen LogP contribution in [0.2, 0.25) is 13.3 Å². The molecule has 0 saturated carbocycles. The normalized spacial score (nSPS) is 19.7. The zero-order valence-electron chi connectivity index (χ0n) is 19.2. The van der Waals surface area contributed by atoms with E-state index in [-0.39, 0.29) is 6.10 Å². The average Bonchev–Trinajstić information content (AvgIpc) is 3.15. The zero-order chi connectivity index (χ0) is 21.1. The Morgan fingerprint density at radius 3 is 2.07 bits per heavy atom. The van der Waals surface area contributed by atoms with Gasteiger partial charge in [-0.05, 0) is 0 Å². The first-order valence-electron chi connectivity index (χ1n) is 11.8. The van der Waals surface area contributed by atoms with Crippen molar-refractivity contribution in [1.82, 2.24) is 0 Å². The average molecular weight is 525 g/mol. The van der Waals surface area contributed by atoms with Crippen LogP contribution in [0.1, 0.15) is 71.3 Å². The molecule has 0 radical (unpaired) electrons. The van der Waals surface area contributed by atoms with Crippen LogP contribution in [0.25, 0.3) is 0 Å². The molecule has 2 nitrogen and oxygen atoms in total. The molecule has 0 N–H and O–H groups in total. The van der Waals surface area contributed by atoms with Gasteiger partial charge in [0, 0.05) is 0 Å². The van der Waals surface area contributed by atoms with Gasteiger partial charge in [0.1, 0.15) is 0 Å². The van der Waals surface area contributed by atoms with Crippen molar-refractivity contribution in [3.8, 4) is 0 Å². The van der Waals surface area contributed by atoms with E-state index in [9.17, 15) is 4.21 Å². The predicted octanol–water partition coefficient (Wildman–Crippen LogP) is 7.21. The van der Waals surface area contributed by atoms with Gasteiger partial charge in [-0.2, -0.15) is 0 Å². The molecule has 1 aliphatic rings. The fourth-order valence-corrected chi connectivity index (χ4v) is 21.2. The molecule has 1 heterocycles. The molecule has 2 rings (SSSR count). The molecule has 164 valence electrons. The molecule has 1 fully saturated rings. The summed E-state index contributed by atoms with van der Waals surface area (Å²) in [5.74, 6) is 0.617. The fraction of sp³-hybridized carbons (Fsp3) is 0.680. The number of unbranched alkanes of at least 4 members (excludes halogenated alkanes) is 3. The van der Waals surface area contributed by atoms with Gasteiger partial charge < -0.3 is 0 Å². The van der Waals surface area contributed by atoms with Crippen molar-refractivity contribution in [3.63, 3.8) is 0 Å². The van der Waals surface area contributed by atoms with Gasteiger partial charge in [-0.1, -0.05) is 0 Å². The number of hydrogen-bond donors (Lipinski definition) is 0. The van der Waals surface area contributed by atoms with E-state index in [2.05, 4.69) is 43.9 Å². The molecule has 0 unspecified atom stereocenters. The topological polar surface area (TPSA) is 26.3 Å². The summed E-state index contributed by atoms with van der Waals surface area (Å²) in [6, 6.07) is 8.14. The molecular formula is C25H42O2SSn. The fourth-order valence-electron chi connectivity index (χ4n) is 4.40. The van der Waals surface area contributed by atoms with Gasteiger partial charge in [0.25, 0.3) is 0 Å². The van der Waals surface area contributed by atoms with Gasteiger partial charge in [0.2, 0.25) is 0 Å². The Kier molecular flexibility index (Phi) is 11.5. The van der Waals surface area contributed by atoms with Crippen molar-refractivity contribution in [3.05, 3.63) is 39.5 Å². The number of hydrogen-bond acceptors (Lipinski definition) is 2. The van der Waals surface area contributed by atoms with Crippen LogP contribution in [0.15, 0.2) is 38.8 Å². The summed E-state index contributed by atoms with van der Waals surface area (Å²) in [6.45, 7) is 9.86. The molecule has 2 atom stereocenters. The maximum absolute atomic E-state index is 13.0. The molecule has 1 aromatic carbocycles. The van der Waals surface area contributed by atoms with Gasteiger partial charge in [-0.15, -0.1) is 0 Å². The zero-order valence-corrected chi connectivity index (χ0v) is 22.8. The first-order valence-corrected chi connectivity index (χ1v) is 20.8. The SMILES string of the molecule is CCC[CH2][Sn](/[CH]=C1\CCO[C@@H]1C[S@@](=O)c1ccc(C)cc1)([CH2]CCC)[CH2]CCC. The van der Waals surface area contributed by atoms with Crippen LogP contribution in [0, 0.1) is 6.92 Å². The maximum atomic E-state index is 13.0. The van der Waals surface area contributed by atoms with Crippen LogP contribution in [0.4, 0.5) is 0 Å². The van der Waals surface area contributed by atoms with Crippen molar-refractivity contribution in [1.29, 1.82) is 0 Å². The summed E-state index contributed by atoms with van der Waals surface area (Å²) in [5, 5.41) is 0. The summed E-state index contributed by atoms with van der Waals surface area (Å²) in [5.41, 5.74) is 2.72. The summed E-state index contributed by atoms with van der Waals surface area (Å²) >= 11 is -2.34. The molecule has 4 heteroatoms. The second-order valence-electron chi connectivity index (χ2n) is 8.83. The summed E-state index contributed by atoms with van der Waals surface area (Å²) in [7, 11) is -0.989. The monoisotopic (exact) mass is 526 g/mol. The van der Waals surface area contributed by atoms with Gasteiger partial charge in [0.15, 0.2) is 0 Å². The van der Waals surface area contributed by atoms with Crippen LogP contribution in [0.5, 0.6) is 0 Å². The Bertz CT molecular complexity index is 632. The third-order valence-corrected chi connectivity index (χ3v) is 22.0. The standard InChI is InChI=1S/C13H15O2S.3C4H9.Sn/c1-10-3-5-12(6-4-10)16(14)9-13-11(2)7-8-15-13;3*1-3-4-2;/h2-6,13H,7-9H2,1H3;3*1,3-4H2,2H3;/t13-,16-;;;;/m1..../s1. The minimum atomic E-state index is -2.34. The van der Waals surface area contributed by atoms with Crippen molar-refractivity contribution < 1.29 is 8.95 Å². The Labute approximate surface area is 186 Å². The molecule has 0 aromatic heterocycles. The molecule has 0 amide bonds. The molecule has 1 aliphatic heterocycles. The van der Waals surface area contributed by atoms with Crippen LogP contribution in [-0.2, 0) is 15.5 Å². The van der Waals surface area contributed by atoms with E-state index < -0.39 is 29.2 Å². The van der Waals surface area contributed by atoms with Crippen molar-refractivity contribution in [2.75, 3.05) is 12.4 Å². The minimum absolute atomic E-state index is 0.0677. The third kappa shape index (κ3) is 8.14. The van der Waals surface area contributed by atoms with E-state index in [1.807, 2.05) is 12.1 Å². The Morgan fingerprint density at radius 1 is 1.00 bits per heavy atom. The van der Waals surface area contributed by atoms with E-state index in [4.69, 9.17) is 4.74 Å². The van der Waals surface area contributed by atoms with Crippen LogP contribution in [0.3, 0.4) is 0 Å². The second kappa shape index (κ2) is 13.3. The molecule has 0 bridgehead atoms. The molecule has 29 heavy (non-hydrogen) atoms. The molecule has 0 aliphatic carbocycles. The van der Waals surface area contributed by atoms with Gasteiger partial charge in [-0.25, -0.2) is 0 Å². The molecule has 1 saturated heterocycles. The number of benzene rings is 1. The number of ether oxygens (including phenoxy) is 1. The van der Waals surface area contributed by atoms with E-state index in [1.54, 1.807) is 0 Å². The van der Waals surface area contributed by atoms with E-state index >= 15 is 0 Å². The quantitative estimate of drug-likeness (QED) is 0.255. The van der Waals surface area contributed by atoms with E-state index in [0.29, 0.717) is 5.75 Å². The van der Waals surface area contributed by atoms with E-state index in [1.165, 1.54) is 63.0 Å². The number of aryl methyl sites for hydroxylation is 1. The Balaban J connectivity index is 2.19. The van der Waals surface area contributed by atoms with Crippen molar-refractivity contribution in [2.24, 2.45) is 0 Å². The van der Waals surface area contributed by atoms with Crippen molar-refractivity contribution >= 4 is 29.2 Å². The third-order valence-electron chi connectivity index (χ3n) is 6.29. The molecule has 0 spiro atoms. The van der Waals surface area contributed by atoms with Crippen LogP contribution < -0.4 is 0 Å². The first kappa shape index (κ1) is 25.1. The van der Waals surface area contributed by atoms with Crippen LogP contribution >= 0.6 is 0 Å². The van der Waals surface area contributed by atoms with Crippen LogP contribution in [-0.4, -0.2) is 41.0 Å².